The fourth-order valence-electron chi connectivity index (χ4n) is 3.60. The molecule has 2 aromatic carbocycles. The normalized spacial score (nSPS) is 16.8. The Hall–Kier alpha value is -2.59. The van der Waals surface area contributed by atoms with Crippen molar-refractivity contribution in [3.05, 3.63) is 70.9 Å². The molecule has 0 N–H and O–H groups in total. The van der Waals surface area contributed by atoms with E-state index in [-0.39, 0.29) is 11.9 Å². The number of amides is 1. The third-order valence-corrected chi connectivity index (χ3v) is 5.10. The molecule has 0 spiro atoms. The van der Waals surface area contributed by atoms with Gasteiger partial charge in [0.1, 0.15) is 10.9 Å². The quantitative estimate of drug-likeness (QED) is 0.621. The van der Waals surface area contributed by atoms with Gasteiger partial charge in [0.2, 0.25) is 0 Å². The zero-order valence-corrected chi connectivity index (χ0v) is 15.2. The number of rotatable bonds is 3. The van der Waals surface area contributed by atoms with Crippen molar-refractivity contribution >= 4 is 28.4 Å². The lowest BCUT2D eigenvalue weighted by Gasteiger charge is -2.25. The number of nitrogens with zero attached hydrogens (tertiary/aromatic N) is 2. The van der Waals surface area contributed by atoms with Crippen molar-refractivity contribution in [2.45, 2.75) is 18.9 Å². The molecule has 1 fully saturated rings. The van der Waals surface area contributed by atoms with E-state index in [0.29, 0.717) is 10.7 Å². The van der Waals surface area contributed by atoms with Gasteiger partial charge in [-0.1, -0.05) is 23.7 Å². The average molecular weight is 367 g/mol. The minimum absolute atomic E-state index is 0.0483. The van der Waals surface area contributed by atoms with E-state index in [4.69, 9.17) is 16.3 Å². The number of hydrogen-bond acceptors (Lipinski definition) is 3. The zero-order chi connectivity index (χ0) is 18.1. The van der Waals surface area contributed by atoms with E-state index < -0.39 is 0 Å². The van der Waals surface area contributed by atoms with Crippen LogP contribution in [0.2, 0.25) is 5.15 Å². The van der Waals surface area contributed by atoms with Crippen LogP contribution in [-0.4, -0.2) is 29.4 Å². The maximum atomic E-state index is 13.1. The summed E-state index contributed by atoms with van der Waals surface area (Å²) in [7, 11) is 1.66. The summed E-state index contributed by atoms with van der Waals surface area (Å²) < 4.78 is 5.33. The van der Waals surface area contributed by atoms with E-state index in [0.717, 1.165) is 41.6 Å². The van der Waals surface area contributed by atoms with Gasteiger partial charge in [-0.15, -0.1) is 0 Å². The number of methoxy groups -OCH3 is 1. The van der Waals surface area contributed by atoms with Gasteiger partial charge in [0.05, 0.1) is 18.7 Å². The Morgan fingerprint density at radius 3 is 2.92 bits per heavy atom. The summed E-state index contributed by atoms with van der Waals surface area (Å²) in [6.45, 7) is 0.762. The van der Waals surface area contributed by atoms with E-state index in [1.807, 2.05) is 47.4 Å². The first-order valence-electron chi connectivity index (χ1n) is 8.67. The van der Waals surface area contributed by atoms with Crippen molar-refractivity contribution in [2.24, 2.45) is 0 Å². The van der Waals surface area contributed by atoms with Crippen LogP contribution in [0.4, 0.5) is 0 Å². The lowest BCUT2D eigenvalue weighted by molar-refractivity contribution is 0.0735. The number of halogens is 1. The summed E-state index contributed by atoms with van der Waals surface area (Å²) >= 11 is 5.94. The van der Waals surface area contributed by atoms with Gasteiger partial charge in [-0.25, -0.2) is 4.98 Å². The molecule has 1 amide bonds. The van der Waals surface area contributed by atoms with Crippen LogP contribution in [0, 0.1) is 0 Å². The van der Waals surface area contributed by atoms with Crippen LogP contribution in [-0.2, 0) is 0 Å². The van der Waals surface area contributed by atoms with E-state index >= 15 is 0 Å². The highest BCUT2D eigenvalue weighted by Gasteiger charge is 2.30. The Balaban J connectivity index is 1.65. The van der Waals surface area contributed by atoms with Crippen molar-refractivity contribution in [1.29, 1.82) is 0 Å². The first kappa shape index (κ1) is 16.9. The largest absolute Gasteiger partial charge is 0.497 e. The minimum Gasteiger partial charge on any atom is -0.497 e. The fraction of sp³-hybridized carbons (Fsp3) is 0.238. The van der Waals surface area contributed by atoms with Crippen LogP contribution in [0.5, 0.6) is 5.75 Å². The van der Waals surface area contributed by atoms with Crippen LogP contribution >= 0.6 is 11.6 Å². The first-order chi connectivity index (χ1) is 12.7. The molecule has 0 radical (unpaired) electrons. The second-order valence-electron chi connectivity index (χ2n) is 6.47. The molecule has 4 rings (SSSR count). The molecular formula is C21H19ClN2O2. The average Bonchev–Trinajstić information content (AvgIpc) is 3.17. The van der Waals surface area contributed by atoms with Gasteiger partial charge in [-0.2, -0.15) is 0 Å². The van der Waals surface area contributed by atoms with Crippen LogP contribution < -0.4 is 4.74 Å². The summed E-state index contributed by atoms with van der Waals surface area (Å²) in [5.41, 5.74) is 2.58. The number of likely N-dealkylation sites (tertiary alicyclic amines) is 1. The SMILES string of the molecule is COc1cccc(C2CCCN2C(=O)c2ccc3nc(Cl)ccc3c2)c1. The highest BCUT2D eigenvalue weighted by molar-refractivity contribution is 6.29. The number of pyridine rings is 1. The standard InChI is InChI=1S/C21H19ClN2O2/c1-26-17-5-2-4-15(13-17)19-6-3-11-24(19)21(25)16-7-9-18-14(12-16)8-10-20(22)23-18/h2,4-5,7-10,12-13,19H,3,6,11H2,1H3. The van der Waals surface area contributed by atoms with E-state index in [9.17, 15) is 4.79 Å². The Morgan fingerprint density at radius 1 is 1.19 bits per heavy atom. The molecule has 0 aliphatic carbocycles. The maximum absolute atomic E-state index is 13.1. The molecule has 4 nitrogen and oxygen atoms in total. The first-order valence-corrected chi connectivity index (χ1v) is 9.05. The van der Waals surface area contributed by atoms with Gasteiger partial charge in [0.15, 0.2) is 0 Å². The summed E-state index contributed by atoms with van der Waals surface area (Å²) in [4.78, 5) is 19.4. The molecular weight excluding hydrogens is 348 g/mol. The van der Waals surface area contributed by atoms with Crippen LogP contribution in [0.15, 0.2) is 54.6 Å². The Kier molecular flexibility index (Phi) is 4.51. The fourth-order valence-corrected chi connectivity index (χ4v) is 3.76. The monoisotopic (exact) mass is 366 g/mol. The number of carbonyl (C=O) groups is 1. The summed E-state index contributed by atoms with van der Waals surface area (Å²) in [6.07, 6.45) is 1.96. The molecule has 1 aromatic heterocycles. The van der Waals surface area contributed by atoms with Crippen molar-refractivity contribution in [3.8, 4) is 5.75 Å². The lowest BCUT2D eigenvalue weighted by Crippen LogP contribution is -2.30. The molecule has 0 bridgehead atoms. The van der Waals surface area contributed by atoms with Crippen LogP contribution in [0.25, 0.3) is 10.9 Å². The predicted octanol–water partition coefficient (Wildman–Crippen LogP) is 4.87. The van der Waals surface area contributed by atoms with Gasteiger partial charge < -0.3 is 9.64 Å². The molecule has 5 heteroatoms. The van der Waals surface area contributed by atoms with Gasteiger partial charge in [0.25, 0.3) is 5.91 Å². The second-order valence-corrected chi connectivity index (χ2v) is 6.86. The zero-order valence-electron chi connectivity index (χ0n) is 14.5. The van der Waals surface area contributed by atoms with Gasteiger partial charge >= 0.3 is 0 Å². The number of carbonyl (C=O) groups excluding carboxylic acids is 1. The molecule has 1 saturated heterocycles. The van der Waals surface area contributed by atoms with Gasteiger partial charge in [-0.3, -0.25) is 4.79 Å². The smallest absolute Gasteiger partial charge is 0.254 e. The second kappa shape index (κ2) is 6.96. The van der Waals surface area contributed by atoms with E-state index in [2.05, 4.69) is 11.1 Å². The highest BCUT2D eigenvalue weighted by atomic mass is 35.5. The number of benzene rings is 2. The molecule has 2 heterocycles. The van der Waals surface area contributed by atoms with Crippen LogP contribution in [0.1, 0.15) is 34.8 Å². The number of hydrogen-bond donors (Lipinski definition) is 0. The van der Waals surface area contributed by atoms with E-state index in [1.54, 1.807) is 13.2 Å². The maximum Gasteiger partial charge on any atom is 0.254 e. The number of ether oxygens (including phenoxy) is 1. The highest BCUT2D eigenvalue weighted by Crippen LogP contribution is 2.34. The molecule has 1 atom stereocenters. The molecule has 3 aromatic rings. The van der Waals surface area contributed by atoms with E-state index in [1.165, 1.54) is 0 Å². The van der Waals surface area contributed by atoms with Crippen molar-refractivity contribution in [2.75, 3.05) is 13.7 Å². The minimum atomic E-state index is 0.0483. The summed E-state index contributed by atoms with van der Waals surface area (Å²) in [5.74, 6) is 0.864. The predicted molar refractivity (Wildman–Crippen MR) is 103 cm³/mol. The Bertz CT molecular complexity index is 973. The molecule has 26 heavy (non-hydrogen) atoms. The lowest BCUT2D eigenvalue weighted by atomic mass is 10.0. The molecule has 1 aliphatic rings. The molecule has 1 aliphatic heterocycles. The van der Waals surface area contributed by atoms with Crippen molar-refractivity contribution < 1.29 is 9.53 Å². The third kappa shape index (κ3) is 3.13. The summed E-state index contributed by atoms with van der Waals surface area (Å²) in [5, 5.41) is 1.37. The third-order valence-electron chi connectivity index (χ3n) is 4.89. The number of fused-ring (bicyclic) bond motifs is 1. The summed E-state index contributed by atoms with van der Waals surface area (Å²) in [6, 6.07) is 17.3. The topological polar surface area (TPSA) is 42.4 Å². The Morgan fingerprint density at radius 2 is 2.08 bits per heavy atom. The van der Waals surface area contributed by atoms with Gasteiger partial charge in [0, 0.05) is 17.5 Å². The molecule has 1 unspecified atom stereocenters. The van der Waals surface area contributed by atoms with Gasteiger partial charge in [-0.05, 0) is 60.9 Å². The van der Waals surface area contributed by atoms with Crippen molar-refractivity contribution in [3.63, 3.8) is 0 Å². The number of aromatic nitrogens is 1. The molecule has 0 saturated carbocycles. The molecule has 132 valence electrons. The van der Waals surface area contributed by atoms with Crippen LogP contribution in [0.3, 0.4) is 0 Å². The Labute approximate surface area is 157 Å². The van der Waals surface area contributed by atoms with Crippen molar-refractivity contribution in [1.82, 2.24) is 9.88 Å².